The van der Waals surface area contributed by atoms with Crippen molar-refractivity contribution < 1.29 is 19.4 Å². The first-order valence-electron chi connectivity index (χ1n) is 5.42. The van der Waals surface area contributed by atoms with Crippen LogP contribution in [0.25, 0.3) is 0 Å². The number of carbonyl (C=O) groups is 2. The minimum Gasteiger partial charge on any atom is -0.493 e. The summed E-state index contributed by atoms with van der Waals surface area (Å²) in [6, 6.07) is 8.55. The van der Waals surface area contributed by atoms with Crippen molar-refractivity contribution in [2.75, 3.05) is 18.1 Å². The van der Waals surface area contributed by atoms with Crippen LogP contribution in [0.1, 0.15) is 0 Å². The fourth-order valence-electron chi connectivity index (χ4n) is 1.21. The van der Waals surface area contributed by atoms with Gasteiger partial charge in [0, 0.05) is 11.5 Å². The van der Waals surface area contributed by atoms with Crippen molar-refractivity contribution in [3.05, 3.63) is 30.3 Å². The number of carbonyl (C=O) groups excluding carboxylic acids is 1. The molecule has 0 aromatic heterocycles. The Balaban J connectivity index is 2.14. The molecular weight excluding hydrogens is 254 g/mol. The van der Waals surface area contributed by atoms with E-state index < -0.39 is 12.0 Å². The number of nitrogens with one attached hydrogen (secondary N) is 1. The van der Waals surface area contributed by atoms with Gasteiger partial charge in [0.2, 0.25) is 6.41 Å². The van der Waals surface area contributed by atoms with Crippen LogP contribution in [0.3, 0.4) is 0 Å². The van der Waals surface area contributed by atoms with Gasteiger partial charge in [-0.05, 0) is 12.1 Å². The van der Waals surface area contributed by atoms with Gasteiger partial charge in [-0.25, -0.2) is 4.79 Å². The Labute approximate surface area is 110 Å². The van der Waals surface area contributed by atoms with Crippen molar-refractivity contribution >= 4 is 24.1 Å². The van der Waals surface area contributed by atoms with E-state index in [1.807, 2.05) is 30.3 Å². The first kappa shape index (κ1) is 14.4. The average molecular weight is 269 g/mol. The number of amides is 1. The maximum atomic E-state index is 10.7. The third-order valence-electron chi connectivity index (χ3n) is 2.09. The number of hydrogen-bond donors (Lipinski definition) is 2. The number of rotatable bonds is 9. The lowest BCUT2D eigenvalue weighted by Crippen LogP contribution is -2.38. The molecule has 0 aliphatic rings. The van der Waals surface area contributed by atoms with Gasteiger partial charge in [0.05, 0.1) is 6.61 Å². The van der Waals surface area contributed by atoms with Gasteiger partial charge >= 0.3 is 5.97 Å². The molecule has 0 aliphatic heterocycles. The minimum atomic E-state index is -1.03. The molecule has 5 nitrogen and oxygen atoms in total. The number of carboxylic acid groups (broad SMARTS) is 1. The maximum absolute atomic E-state index is 10.7. The molecule has 0 spiro atoms. The van der Waals surface area contributed by atoms with E-state index in [9.17, 15) is 9.59 Å². The van der Waals surface area contributed by atoms with E-state index in [0.29, 0.717) is 24.5 Å². The smallest absolute Gasteiger partial charge is 0.327 e. The molecule has 0 aliphatic carbocycles. The van der Waals surface area contributed by atoms with Crippen LogP contribution < -0.4 is 10.1 Å². The van der Waals surface area contributed by atoms with Crippen LogP contribution in [0.5, 0.6) is 5.75 Å². The molecule has 98 valence electrons. The fraction of sp³-hybridized carbons (Fsp3) is 0.333. The first-order chi connectivity index (χ1) is 8.74. The second-order valence-electron chi connectivity index (χ2n) is 3.41. The number of aliphatic carboxylic acids is 1. The molecule has 0 saturated heterocycles. The van der Waals surface area contributed by atoms with Crippen molar-refractivity contribution in [1.82, 2.24) is 5.32 Å². The molecule has 18 heavy (non-hydrogen) atoms. The topological polar surface area (TPSA) is 75.6 Å². The summed E-state index contributed by atoms with van der Waals surface area (Å²) in [6.07, 6.45) is 0.403. The number of thioether (sulfide) groups is 1. The number of hydrogen-bond acceptors (Lipinski definition) is 4. The quantitative estimate of drug-likeness (QED) is 0.516. The Morgan fingerprint density at radius 1 is 1.44 bits per heavy atom. The maximum Gasteiger partial charge on any atom is 0.327 e. The highest BCUT2D eigenvalue weighted by atomic mass is 32.2. The monoisotopic (exact) mass is 269 g/mol. The van der Waals surface area contributed by atoms with Crippen LogP contribution in [-0.2, 0) is 9.59 Å². The zero-order chi connectivity index (χ0) is 13.2. The third kappa shape index (κ3) is 5.58. The van der Waals surface area contributed by atoms with E-state index in [0.717, 1.165) is 5.75 Å². The largest absolute Gasteiger partial charge is 0.493 e. The van der Waals surface area contributed by atoms with Crippen molar-refractivity contribution in [2.24, 2.45) is 0 Å². The van der Waals surface area contributed by atoms with Gasteiger partial charge in [0.25, 0.3) is 0 Å². The Kier molecular flexibility index (Phi) is 6.71. The molecule has 0 radical (unpaired) electrons. The highest BCUT2D eigenvalue weighted by Crippen LogP contribution is 2.09. The Morgan fingerprint density at radius 3 is 2.78 bits per heavy atom. The van der Waals surface area contributed by atoms with Gasteiger partial charge in [-0.2, -0.15) is 11.8 Å². The van der Waals surface area contributed by atoms with Gasteiger partial charge in [-0.3, -0.25) is 4.79 Å². The minimum absolute atomic E-state index is 0.326. The normalized spacial score (nSPS) is 11.6. The molecule has 0 fully saturated rings. The highest BCUT2D eigenvalue weighted by molar-refractivity contribution is 7.99. The lowest BCUT2D eigenvalue weighted by Gasteiger charge is -2.10. The van der Waals surface area contributed by atoms with Crippen molar-refractivity contribution in [1.29, 1.82) is 0 Å². The summed E-state index contributed by atoms with van der Waals surface area (Å²) in [5.74, 6) is 0.753. The lowest BCUT2D eigenvalue weighted by atomic mass is 10.3. The molecule has 1 rings (SSSR count). The van der Waals surface area contributed by atoms with Crippen LogP contribution in [0.2, 0.25) is 0 Å². The highest BCUT2D eigenvalue weighted by Gasteiger charge is 2.15. The number of carboxylic acids is 1. The van der Waals surface area contributed by atoms with E-state index in [1.54, 1.807) is 0 Å². The lowest BCUT2D eigenvalue weighted by molar-refractivity contribution is -0.139. The van der Waals surface area contributed by atoms with Crippen LogP contribution in [0.15, 0.2) is 30.3 Å². The van der Waals surface area contributed by atoms with E-state index >= 15 is 0 Å². The van der Waals surface area contributed by atoms with Crippen LogP contribution in [-0.4, -0.2) is 41.6 Å². The molecule has 0 heterocycles. The fourth-order valence-corrected chi connectivity index (χ4v) is 2.05. The molecule has 1 unspecified atom stereocenters. The van der Waals surface area contributed by atoms with Crippen LogP contribution in [0, 0.1) is 0 Å². The molecule has 2 N–H and O–H groups in total. The van der Waals surface area contributed by atoms with E-state index in [4.69, 9.17) is 9.84 Å². The number of ether oxygens (including phenoxy) is 1. The van der Waals surface area contributed by atoms with Crippen LogP contribution in [0.4, 0.5) is 0 Å². The Bertz CT molecular complexity index is 372. The molecule has 0 saturated carbocycles. The SMILES string of the molecule is O=CNC(CSCCOc1ccccc1)C(=O)O. The van der Waals surface area contributed by atoms with E-state index in [1.165, 1.54) is 11.8 Å². The number of para-hydroxylation sites is 1. The summed E-state index contributed by atoms with van der Waals surface area (Å²) >= 11 is 1.42. The predicted molar refractivity (Wildman–Crippen MR) is 69.9 cm³/mol. The van der Waals surface area contributed by atoms with Crippen LogP contribution >= 0.6 is 11.8 Å². The predicted octanol–water partition coefficient (Wildman–Crippen LogP) is 0.998. The van der Waals surface area contributed by atoms with E-state index in [2.05, 4.69) is 5.32 Å². The van der Waals surface area contributed by atoms with Crippen molar-refractivity contribution in [2.45, 2.75) is 6.04 Å². The molecular formula is C12H15NO4S. The molecule has 1 aromatic rings. The molecule has 1 atom stereocenters. The van der Waals surface area contributed by atoms with Crippen molar-refractivity contribution in [3.8, 4) is 5.75 Å². The summed E-state index contributed by atoms with van der Waals surface area (Å²) < 4.78 is 5.45. The van der Waals surface area contributed by atoms with Gasteiger partial charge in [0.1, 0.15) is 11.8 Å². The van der Waals surface area contributed by atoms with Gasteiger partial charge in [-0.1, -0.05) is 18.2 Å². The summed E-state index contributed by atoms with van der Waals surface area (Å²) in [5.41, 5.74) is 0. The Morgan fingerprint density at radius 2 is 2.17 bits per heavy atom. The molecule has 1 amide bonds. The zero-order valence-electron chi connectivity index (χ0n) is 9.74. The molecule has 6 heteroatoms. The van der Waals surface area contributed by atoms with E-state index in [-0.39, 0.29) is 0 Å². The zero-order valence-corrected chi connectivity index (χ0v) is 10.6. The molecule has 1 aromatic carbocycles. The van der Waals surface area contributed by atoms with Gasteiger partial charge in [0.15, 0.2) is 0 Å². The standard InChI is InChI=1S/C12H15NO4S/c14-9-13-11(12(15)16)8-18-7-6-17-10-4-2-1-3-5-10/h1-5,9,11H,6-8H2,(H,13,14)(H,15,16). The average Bonchev–Trinajstić information content (AvgIpc) is 2.38. The van der Waals surface area contributed by atoms with Gasteiger partial charge < -0.3 is 15.2 Å². The third-order valence-corrected chi connectivity index (χ3v) is 3.12. The second-order valence-corrected chi connectivity index (χ2v) is 4.56. The summed E-state index contributed by atoms with van der Waals surface area (Å²) in [6.45, 7) is 0.502. The van der Waals surface area contributed by atoms with Gasteiger partial charge in [-0.15, -0.1) is 0 Å². The summed E-state index contributed by atoms with van der Waals surface area (Å²) in [4.78, 5) is 20.9. The second kappa shape index (κ2) is 8.41. The Hall–Kier alpha value is -1.69. The summed E-state index contributed by atoms with van der Waals surface area (Å²) in [5, 5.41) is 11.0. The number of benzene rings is 1. The summed E-state index contributed by atoms with van der Waals surface area (Å²) in [7, 11) is 0. The molecule has 0 bridgehead atoms. The van der Waals surface area contributed by atoms with Crippen molar-refractivity contribution in [3.63, 3.8) is 0 Å². The first-order valence-corrected chi connectivity index (χ1v) is 6.57.